The van der Waals surface area contributed by atoms with E-state index in [1.807, 2.05) is 66.6 Å². The van der Waals surface area contributed by atoms with Crippen LogP contribution in [0.4, 0.5) is 25.2 Å². The maximum absolute atomic E-state index is 10.7. The molecule has 1 aromatic heterocycles. The predicted molar refractivity (Wildman–Crippen MR) is 95.7 cm³/mol. The number of halogens is 7. The minimum absolute atomic E-state index is 0. The first-order valence-corrected chi connectivity index (χ1v) is 10.9. The van der Waals surface area contributed by atoms with E-state index < -0.39 is 15.8 Å². The molecule has 0 saturated heterocycles. The zero-order valence-corrected chi connectivity index (χ0v) is 18.5. The topological polar surface area (TPSA) is 49.7 Å². The Morgan fingerprint density at radius 3 is 1.64 bits per heavy atom. The van der Waals surface area contributed by atoms with Crippen molar-refractivity contribution < 1.29 is 42.2 Å². The van der Waals surface area contributed by atoms with Crippen molar-refractivity contribution in [2.45, 2.75) is 0 Å². The van der Waals surface area contributed by atoms with E-state index in [0.717, 1.165) is 11.0 Å². The molecule has 28 heavy (non-hydrogen) atoms. The first-order chi connectivity index (χ1) is 11.8. The van der Waals surface area contributed by atoms with Gasteiger partial charge in [-0.3, -0.25) is 0 Å². The first-order valence-electron chi connectivity index (χ1n) is 7.34. The van der Waals surface area contributed by atoms with Crippen LogP contribution in [-0.4, -0.2) is 71.5 Å². The molecule has 0 aliphatic rings. The maximum Gasteiger partial charge on any atom is -1.00 e. The van der Waals surface area contributed by atoms with Crippen molar-refractivity contribution in [3.8, 4) is 0 Å². The van der Waals surface area contributed by atoms with Gasteiger partial charge in [0.1, 0.15) is 11.0 Å². The van der Waals surface area contributed by atoms with Crippen LogP contribution in [0.25, 0.3) is 11.0 Å². The number of fused-ring (bicyclic) bond motifs is 1. The average Bonchev–Trinajstić information content (AvgIpc) is 2.83. The summed E-state index contributed by atoms with van der Waals surface area (Å²) in [7, 11) is -0.761. The van der Waals surface area contributed by atoms with Gasteiger partial charge in [-0.2, -0.15) is 4.62 Å². The molecule has 0 atom stereocenters. The third-order valence-corrected chi connectivity index (χ3v) is 6.57. The van der Waals surface area contributed by atoms with Gasteiger partial charge in [-0.1, -0.05) is 12.1 Å². The summed E-state index contributed by atoms with van der Waals surface area (Å²) >= 11 is 0. The van der Waals surface area contributed by atoms with E-state index in [0.29, 0.717) is 0 Å². The Hall–Kier alpha value is -0.970. The normalized spacial score (nSPS) is 15.0. The molecule has 0 aliphatic heterocycles. The van der Waals surface area contributed by atoms with Gasteiger partial charge in [-0.25, -0.2) is 0 Å². The molecule has 0 amide bonds. The van der Waals surface area contributed by atoms with E-state index in [-0.39, 0.29) is 12.4 Å². The number of para-hydroxylation sites is 1. The second-order valence-corrected chi connectivity index (χ2v) is 11.6. The van der Waals surface area contributed by atoms with Gasteiger partial charge < -0.3 is 12.4 Å². The molecule has 16 heteroatoms. The summed E-state index contributed by atoms with van der Waals surface area (Å²) in [6.45, 7) is 0. The molecule has 0 aliphatic carbocycles. The van der Waals surface area contributed by atoms with Crippen LogP contribution in [0, 0.1) is 0 Å². The second kappa shape index (κ2) is 8.04. The van der Waals surface area contributed by atoms with E-state index in [1.165, 1.54) is 4.85 Å². The monoisotopic (exact) mass is 477 g/mol. The van der Waals surface area contributed by atoms with Crippen LogP contribution in [0.3, 0.4) is 0 Å². The Morgan fingerprint density at radius 2 is 1.25 bits per heavy atom. The summed E-state index contributed by atoms with van der Waals surface area (Å²) in [5.74, 6) is 0. The van der Waals surface area contributed by atoms with Gasteiger partial charge in [0.25, 0.3) is 0 Å². The van der Waals surface area contributed by atoms with E-state index in [4.69, 9.17) is 4.62 Å². The van der Waals surface area contributed by atoms with Gasteiger partial charge in [-0.05, 0) is 22.2 Å². The quantitative estimate of drug-likeness (QED) is 0.482. The molecule has 0 fully saturated rings. The zero-order valence-electron chi connectivity index (χ0n) is 15.9. The second-order valence-electron chi connectivity index (χ2n) is 6.05. The minimum atomic E-state index is -10.7. The van der Waals surface area contributed by atoms with Crippen LogP contribution in [0.15, 0.2) is 24.3 Å². The van der Waals surface area contributed by atoms with Crippen LogP contribution in [0.2, 0.25) is 0 Å². The van der Waals surface area contributed by atoms with Crippen molar-refractivity contribution in [3.05, 3.63) is 24.3 Å². The number of nitrogens with zero attached hydrogens (tertiary/aromatic N) is 6. The number of aromatic nitrogens is 3. The summed E-state index contributed by atoms with van der Waals surface area (Å²) in [5.41, 5.74) is 1.68. The van der Waals surface area contributed by atoms with Crippen LogP contribution in [0.1, 0.15) is 0 Å². The summed E-state index contributed by atoms with van der Waals surface area (Å²) in [5, 5.41) is 8.25. The van der Waals surface area contributed by atoms with Crippen molar-refractivity contribution in [3.63, 3.8) is 0 Å². The van der Waals surface area contributed by atoms with Gasteiger partial charge >= 0.3 is 40.9 Å². The van der Waals surface area contributed by atoms with Crippen molar-refractivity contribution in [1.82, 2.24) is 29.2 Å². The SMILES string of the molecule is CN(C)[P+](On1nnc2ccccc21)(N(C)C)N(C)C.F[P-](F)(F)(F)(F)F.[Cl-]. The zero-order chi connectivity index (χ0) is 21.3. The van der Waals surface area contributed by atoms with Gasteiger partial charge in [0.15, 0.2) is 0 Å². The first kappa shape index (κ1) is 27.0. The standard InChI is InChI=1S/C12H22N6OP.ClH.F6P/c1-15(2)20(16(3)4,17(5)6)19-18-12-10-8-7-9-11(12)13-14-18;;1-7(2,3,4,5)6/h7-10H,1-6H3;1H;/q+1;;-1/p-1. The van der Waals surface area contributed by atoms with Crippen molar-refractivity contribution in [2.24, 2.45) is 0 Å². The molecule has 0 spiro atoms. The third-order valence-electron chi connectivity index (χ3n) is 3.07. The molecule has 0 saturated carbocycles. The number of rotatable bonds is 5. The molecule has 2 aromatic rings. The Morgan fingerprint density at radius 1 is 0.857 bits per heavy atom. The fraction of sp³-hybridized carbons (Fsp3) is 0.500. The maximum atomic E-state index is 9.87. The fourth-order valence-electron chi connectivity index (χ4n) is 2.30. The van der Waals surface area contributed by atoms with Crippen LogP contribution in [0.5, 0.6) is 0 Å². The Labute approximate surface area is 165 Å². The molecular weight excluding hydrogens is 456 g/mol. The van der Waals surface area contributed by atoms with Gasteiger partial charge in [0.05, 0.1) is 0 Å². The number of hydrogen-bond acceptors (Lipinski definition) is 6. The Kier molecular flexibility index (Phi) is 7.76. The van der Waals surface area contributed by atoms with Crippen LogP contribution >= 0.6 is 15.8 Å². The van der Waals surface area contributed by atoms with E-state index >= 15 is 0 Å². The van der Waals surface area contributed by atoms with Crippen molar-refractivity contribution >= 4 is 26.8 Å². The van der Waals surface area contributed by atoms with Crippen molar-refractivity contribution in [1.29, 1.82) is 0 Å². The van der Waals surface area contributed by atoms with E-state index in [9.17, 15) is 25.2 Å². The summed E-state index contributed by atoms with van der Waals surface area (Å²) in [6, 6.07) is 7.76. The largest absolute Gasteiger partial charge is 1.00 e. The molecule has 1 heterocycles. The molecule has 0 N–H and O–H groups in total. The molecule has 0 unspecified atom stereocenters. The number of benzene rings is 1. The van der Waals surface area contributed by atoms with Crippen LogP contribution < -0.4 is 17.0 Å². The molecule has 0 radical (unpaired) electrons. The van der Waals surface area contributed by atoms with E-state index in [1.54, 1.807) is 0 Å². The van der Waals surface area contributed by atoms with E-state index in [2.05, 4.69) is 24.3 Å². The third kappa shape index (κ3) is 8.18. The summed E-state index contributed by atoms with van der Waals surface area (Å²) in [4.78, 5) is 1.52. The molecule has 1 aromatic carbocycles. The smallest absolute Gasteiger partial charge is 1.00 e. The molecule has 166 valence electrons. The Balaban J connectivity index is 0.000000786. The van der Waals surface area contributed by atoms with Crippen molar-refractivity contribution in [2.75, 3.05) is 42.3 Å². The fourth-order valence-corrected chi connectivity index (χ4v) is 5.22. The molecule has 2 rings (SSSR count). The molecule has 0 bridgehead atoms. The predicted octanol–water partition coefficient (Wildman–Crippen LogP) is 1.61. The van der Waals surface area contributed by atoms with Gasteiger partial charge in [0, 0.05) is 42.3 Å². The molecule has 7 nitrogen and oxygen atoms in total. The minimum Gasteiger partial charge on any atom is -1.00 e. The molecular formula is C12H22ClF6N6OP2-. The summed E-state index contributed by atoms with van der Waals surface area (Å²) < 4.78 is 71.7. The average molecular weight is 478 g/mol. The summed E-state index contributed by atoms with van der Waals surface area (Å²) in [6.07, 6.45) is 0. The van der Waals surface area contributed by atoms with Crippen LogP contribution in [-0.2, 0) is 0 Å². The van der Waals surface area contributed by atoms with Gasteiger partial charge in [-0.15, -0.1) is 19.1 Å². The number of hydrogen-bond donors (Lipinski definition) is 0. The van der Waals surface area contributed by atoms with Gasteiger partial charge in [0.2, 0.25) is 0 Å². The Bertz CT molecular complexity index is 752.